The lowest BCUT2D eigenvalue weighted by Crippen LogP contribution is -2.59. The van der Waals surface area contributed by atoms with Crippen LogP contribution >= 0.6 is 23.2 Å². The quantitative estimate of drug-likeness (QED) is 0.140. The van der Waals surface area contributed by atoms with Crippen LogP contribution in [0.15, 0.2) is 24.3 Å². The van der Waals surface area contributed by atoms with E-state index >= 15 is 0 Å². The Bertz CT molecular complexity index is 751. The molecule has 0 aliphatic carbocycles. The molecule has 0 radical (unpaired) electrons. The number of halogens is 2. The monoisotopic (exact) mass is 484 g/mol. The number of rotatable bonds is 9. The molecule has 1 amide bonds. The number of ether oxygens (including phenoxy) is 2. The van der Waals surface area contributed by atoms with Crippen LogP contribution in [-0.4, -0.2) is 91.2 Å². The summed E-state index contributed by atoms with van der Waals surface area (Å²) in [5.41, 5.74) is -0.0234. The molecular formula is C17H22Cl2N2O10. The van der Waals surface area contributed by atoms with E-state index in [1.807, 2.05) is 0 Å². The van der Waals surface area contributed by atoms with Crippen LogP contribution in [0, 0.1) is 10.1 Å². The molecule has 7 atom stereocenters. The molecule has 1 saturated heterocycles. The van der Waals surface area contributed by atoms with Gasteiger partial charge in [-0.3, -0.25) is 14.9 Å². The van der Waals surface area contributed by atoms with Crippen LogP contribution in [0.1, 0.15) is 11.7 Å². The van der Waals surface area contributed by atoms with Crippen molar-refractivity contribution < 1.29 is 44.7 Å². The van der Waals surface area contributed by atoms with Crippen LogP contribution in [-0.2, 0) is 14.3 Å². The van der Waals surface area contributed by atoms with Crippen molar-refractivity contribution in [2.45, 2.75) is 47.7 Å². The third kappa shape index (κ3) is 6.44. The first-order valence-corrected chi connectivity index (χ1v) is 9.87. The Morgan fingerprint density at radius 1 is 1.19 bits per heavy atom. The number of amides is 1. The first kappa shape index (κ1) is 25.6. The van der Waals surface area contributed by atoms with E-state index < -0.39 is 71.7 Å². The number of hydrogen-bond acceptors (Lipinski definition) is 10. The minimum absolute atomic E-state index is 0.189. The van der Waals surface area contributed by atoms with Gasteiger partial charge in [0.2, 0.25) is 0 Å². The number of nitro benzene ring substituents is 1. The van der Waals surface area contributed by atoms with Gasteiger partial charge in [0, 0.05) is 12.1 Å². The smallest absolute Gasteiger partial charge is 0.269 e. The first-order chi connectivity index (χ1) is 14.6. The molecule has 0 aromatic heterocycles. The zero-order valence-corrected chi connectivity index (χ0v) is 17.3. The molecule has 0 spiro atoms. The maximum Gasteiger partial charge on any atom is 0.269 e. The Morgan fingerprint density at radius 3 is 2.32 bits per heavy atom. The summed E-state index contributed by atoms with van der Waals surface area (Å²) in [6.07, 6.45) is -9.14. The summed E-state index contributed by atoms with van der Waals surface area (Å²) < 4.78 is 10.6. The zero-order valence-electron chi connectivity index (χ0n) is 15.8. The minimum atomic E-state index is -1.69. The number of alkyl halides is 2. The molecule has 1 aliphatic heterocycles. The van der Waals surface area contributed by atoms with E-state index in [0.717, 1.165) is 12.1 Å². The lowest BCUT2D eigenvalue weighted by molar-refractivity contribution is -0.384. The van der Waals surface area contributed by atoms with E-state index in [0.29, 0.717) is 0 Å². The summed E-state index contributed by atoms with van der Waals surface area (Å²) in [6.45, 7) is -1.16. The number of carbonyl (C=O) groups is 1. The fraction of sp³-hybridized carbons (Fsp3) is 0.588. The van der Waals surface area contributed by atoms with Gasteiger partial charge in [0.1, 0.15) is 30.5 Å². The van der Waals surface area contributed by atoms with Gasteiger partial charge in [0.25, 0.3) is 11.6 Å². The molecule has 0 unspecified atom stereocenters. The molecular weight excluding hydrogens is 463 g/mol. The fourth-order valence-electron chi connectivity index (χ4n) is 2.89. The molecule has 174 valence electrons. The molecule has 0 saturated carbocycles. The molecule has 2 rings (SSSR count). The Kier molecular flexibility index (Phi) is 9.36. The molecule has 1 aromatic rings. The van der Waals surface area contributed by atoms with Gasteiger partial charge in [-0.2, -0.15) is 0 Å². The molecule has 1 heterocycles. The summed E-state index contributed by atoms with van der Waals surface area (Å²) in [4.78, 5) is 20.6. The number of carbonyl (C=O) groups excluding carboxylic acids is 1. The van der Waals surface area contributed by atoms with Crippen LogP contribution in [0.25, 0.3) is 0 Å². The van der Waals surface area contributed by atoms with Gasteiger partial charge < -0.3 is 40.3 Å². The van der Waals surface area contributed by atoms with E-state index in [2.05, 4.69) is 5.32 Å². The van der Waals surface area contributed by atoms with Crippen molar-refractivity contribution in [3.63, 3.8) is 0 Å². The maximum atomic E-state index is 11.9. The van der Waals surface area contributed by atoms with Gasteiger partial charge in [-0.05, 0) is 17.7 Å². The van der Waals surface area contributed by atoms with Crippen molar-refractivity contribution in [1.82, 2.24) is 5.32 Å². The van der Waals surface area contributed by atoms with Gasteiger partial charge >= 0.3 is 0 Å². The largest absolute Gasteiger partial charge is 0.394 e. The molecule has 1 aromatic carbocycles. The average molecular weight is 485 g/mol. The summed E-state index contributed by atoms with van der Waals surface area (Å²) in [7, 11) is 0. The minimum Gasteiger partial charge on any atom is -0.394 e. The van der Waals surface area contributed by atoms with Gasteiger partial charge in [0.15, 0.2) is 11.1 Å². The van der Waals surface area contributed by atoms with Crippen molar-refractivity contribution in [1.29, 1.82) is 0 Å². The SMILES string of the molecule is O=C(N[C@H](CO[C@@H]1O[C@@H](CO)[C@H](O)[C@@H](O)[C@H]1O)[C@H](O)c1ccc([N+](=O)[O-])cc1)C(Cl)Cl. The summed E-state index contributed by atoms with van der Waals surface area (Å²) in [5.74, 6) is -0.869. The second-order valence-corrected chi connectivity index (χ2v) is 7.84. The third-order valence-electron chi connectivity index (χ3n) is 4.64. The first-order valence-electron chi connectivity index (χ1n) is 8.99. The van der Waals surface area contributed by atoms with Crippen LogP contribution in [0.2, 0.25) is 0 Å². The Morgan fingerprint density at radius 2 is 1.81 bits per heavy atom. The standard InChI is InChI=1S/C17H22Cl2N2O10/c18-15(19)16(27)20-9(11(23)7-1-3-8(4-2-7)21(28)29)6-30-17-14(26)13(25)12(24)10(5-22)31-17/h1-4,9-15,17,22-26H,5-6H2,(H,20,27)/t9-,10+,11-,12+,13-,14-,17-/m1/s1. The number of nitrogens with zero attached hydrogens (tertiary/aromatic N) is 1. The zero-order chi connectivity index (χ0) is 23.3. The predicted molar refractivity (Wildman–Crippen MR) is 105 cm³/mol. The van der Waals surface area contributed by atoms with E-state index in [4.69, 9.17) is 32.7 Å². The van der Waals surface area contributed by atoms with Crippen molar-refractivity contribution in [3.05, 3.63) is 39.9 Å². The van der Waals surface area contributed by atoms with Gasteiger partial charge in [-0.15, -0.1) is 0 Å². The lowest BCUT2D eigenvalue weighted by atomic mass is 9.99. The Labute approximate surface area is 186 Å². The topological polar surface area (TPSA) is 192 Å². The van der Waals surface area contributed by atoms with E-state index in [9.17, 15) is 40.4 Å². The molecule has 1 aliphatic rings. The number of aliphatic hydroxyl groups excluding tert-OH is 5. The number of non-ortho nitro benzene ring substituents is 1. The van der Waals surface area contributed by atoms with Crippen LogP contribution in [0.5, 0.6) is 0 Å². The van der Waals surface area contributed by atoms with E-state index in [1.165, 1.54) is 12.1 Å². The van der Waals surface area contributed by atoms with E-state index in [1.54, 1.807) is 0 Å². The molecule has 0 bridgehead atoms. The highest BCUT2D eigenvalue weighted by Crippen LogP contribution is 2.25. The number of aliphatic hydroxyl groups is 5. The van der Waals surface area contributed by atoms with Crippen LogP contribution < -0.4 is 5.32 Å². The van der Waals surface area contributed by atoms with Crippen LogP contribution in [0.4, 0.5) is 5.69 Å². The van der Waals surface area contributed by atoms with Gasteiger partial charge in [0.05, 0.1) is 24.2 Å². The lowest BCUT2D eigenvalue weighted by Gasteiger charge is -2.40. The molecule has 12 nitrogen and oxygen atoms in total. The Balaban J connectivity index is 2.15. The van der Waals surface area contributed by atoms with Crippen molar-refractivity contribution in [3.8, 4) is 0 Å². The average Bonchev–Trinajstić information content (AvgIpc) is 2.75. The highest BCUT2D eigenvalue weighted by Gasteiger charge is 2.44. The summed E-state index contributed by atoms with van der Waals surface area (Å²) in [5, 5.41) is 62.7. The highest BCUT2D eigenvalue weighted by molar-refractivity contribution is 6.53. The van der Waals surface area contributed by atoms with E-state index in [-0.39, 0.29) is 11.3 Å². The van der Waals surface area contributed by atoms with Crippen molar-refractivity contribution in [2.24, 2.45) is 0 Å². The molecule has 31 heavy (non-hydrogen) atoms. The molecule has 1 fully saturated rings. The maximum absolute atomic E-state index is 11.9. The van der Waals surface area contributed by atoms with Gasteiger partial charge in [-0.1, -0.05) is 23.2 Å². The molecule has 6 N–H and O–H groups in total. The third-order valence-corrected chi connectivity index (χ3v) is 5.04. The highest BCUT2D eigenvalue weighted by atomic mass is 35.5. The summed E-state index contributed by atoms with van der Waals surface area (Å²) in [6, 6.07) is 3.65. The predicted octanol–water partition coefficient (Wildman–Crippen LogP) is -1.27. The number of nitro groups is 1. The second-order valence-electron chi connectivity index (χ2n) is 6.74. The number of hydrogen-bond donors (Lipinski definition) is 6. The normalized spacial score (nSPS) is 28.2. The fourth-order valence-corrected chi connectivity index (χ4v) is 3.01. The number of nitrogens with one attached hydrogen (secondary N) is 1. The van der Waals surface area contributed by atoms with Crippen molar-refractivity contribution >= 4 is 34.8 Å². The van der Waals surface area contributed by atoms with Crippen LogP contribution in [0.3, 0.4) is 0 Å². The number of benzene rings is 1. The van der Waals surface area contributed by atoms with Crippen molar-refractivity contribution in [2.75, 3.05) is 13.2 Å². The summed E-state index contributed by atoms with van der Waals surface area (Å²) >= 11 is 11.1. The Hall–Kier alpha value is -1.61. The van der Waals surface area contributed by atoms with Gasteiger partial charge in [-0.25, -0.2) is 0 Å². The second kappa shape index (κ2) is 11.3. The molecule has 14 heteroatoms.